The van der Waals surface area contributed by atoms with E-state index in [0.29, 0.717) is 18.2 Å². The number of benzene rings is 3. The first-order valence-electron chi connectivity index (χ1n) is 10.6. The van der Waals surface area contributed by atoms with Crippen molar-refractivity contribution >= 4 is 11.6 Å². The summed E-state index contributed by atoms with van der Waals surface area (Å²) >= 11 is 0. The van der Waals surface area contributed by atoms with Crippen molar-refractivity contribution in [3.05, 3.63) is 79.0 Å². The summed E-state index contributed by atoms with van der Waals surface area (Å²) in [6.07, 6.45) is 1.75. The molecular weight excluding hydrogens is 416 g/mol. The highest BCUT2D eigenvalue weighted by Gasteiger charge is 2.12. The van der Waals surface area contributed by atoms with Crippen LogP contribution in [0.4, 0.5) is 11.6 Å². The van der Waals surface area contributed by atoms with Gasteiger partial charge in [0.15, 0.2) is 0 Å². The molecule has 0 unspecified atom stereocenters. The van der Waals surface area contributed by atoms with Crippen LogP contribution >= 0.6 is 0 Å². The summed E-state index contributed by atoms with van der Waals surface area (Å²) in [6, 6.07) is 21.4. The summed E-state index contributed by atoms with van der Waals surface area (Å²) in [4.78, 5) is 11.3. The number of hydrogen-bond donors (Lipinski definition) is 3. The fourth-order valence-corrected chi connectivity index (χ4v) is 3.24. The van der Waals surface area contributed by atoms with E-state index in [1.807, 2.05) is 62.6 Å². The van der Waals surface area contributed by atoms with Crippen LogP contribution in [0.15, 0.2) is 79.0 Å². The molecule has 0 saturated heterocycles. The minimum Gasteiger partial charge on any atom is -0.508 e. The van der Waals surface area contributed by atoms with Gasteiger partial charge in [-0.05, 0) is 80.3 Å². The van der Waals surface area contributed by atoms with Gasteiger partial charge in [-0.2, -0.15) is 0 Å². The summed E-state index contributed by atoms with van der Waals surface area (Å²) in [5, 5.41) is 22.6. The number of phenolic OH excluding ortho intramolecular Hbond substituents is 2. The zero-order chi connectivity index (χ0) is 23.2. The highest BCUT2D eigenvalue weighted by atomic mass is 16.5. The van der Waals surface area contributed by atoms with E-state index in [9.17, 15) is 10.2 Å². The molecule has 7 heteroatoms. The highest BCUT2D eigenvalue weighted by Crippen LogP contribution is 2.33. The first-order chi connectivity index (χ1) is 16.0. The molecule has 0 aliphatic carbocycles. The lowest BCUT2D eigenvalue weighted by Gasteiger charge is -2.13. The number of nitrogens with one attached hydrogen (secondary N) is 1. The van der Waals surface area contributed by atoms with Crippen LogP contribution in [-0.4, -0.2) is 52.3 Å². The normalized spacial score (nSPS) is 10.9. The average molecular weight is 443 g/mol. The highest BCUT2D eigenvalue weighted by molar-refractivity contribution is 5.81. The van der Waals surface area contributed by atoms with Gasteiger partial charge in [0.1, 0.15) is 23.9 Å². The third kappa shape index (κ3) is 5.78. The summed E-state index contributed by atoms with van der Waals surface area (Å²) in [5.74, 6) is 1.63. The number of anilines is 2. The molecule has 1 aromatic heterocycles. The number of aromatic hydroxyl groups is 2. The summed E-state index contributed by atoms with van der Waals surface area (Å²) in [6.45, 7) is 1.47. The molecule has 1 heterocycles. The number of nitrogens with zero attached hydrogens (tertiary/aromatic N) is 3. The van der Waals surface area contributed by atoms with Crippen LogP contribution in [0, 0.1) is 0 Å². The number of hydrogen-bond acceptors (Lipinski definition) is 7. The quantitative estimate of drug-likeness (QED) is 0.357. The van der Waals surface area contributed by atoms with Gasteiger partial charge in [0.05, 0.1) is 5.69 Å². The van der Waals surface area contributed by atoms with Crippen molar-refractivity contribution in [2.75, 3.05) is 32.6 Å². The van der Waals surface area contributed by atoms with E-state index in [-0.39, 0.29) is 11.5 Å². The lowest BCUT2D eigenvalue weighted by atomic mass is 10.0. The molecule has 4 aromatic rings. The van der Waals surface area contributed by atoms with E-state index >= 15 is 0 Å². The fourth-order valence-electron chi connectivity index (χ4n) is 3.24. The largest absolute Gasteiger partial charge is 0.508 e. The predicted octanol–water partition coefficient (Wildman–Crippen LogP) is 4.91. The minimum atomic E-state index is 0.185. The van der Waals surface area contributed by atoms with Gasteiger partial charge in [-0.3, -0.25) is 0 Å². The SMILES string of the molecule is CN(C)CCOc1ccc(Nc2ncc(-c3ccc(O)cc3)c(-c3ccc(O)cc3)n2)cc1. The number of phenols is 2. The van der Waals surface area contributed by atoms with Gasteiger partial charge in [-0.25, -0.2) is 9.97 Å². The van der Waals surface area contributed by atoms with Gasteiger partial charge in [0, 0.05) is 29.6 Å². The van der Waals surface area contributed by atoms with E-state index < -0.39 is 0 Å². The molecule has 0 aliphatic rings. The van der Waals surface area contributed by atoms with E-state index in [4.69, 9.17) is 9.72 Å². The molecule has 7 nitrogen and oxygen atoms in total. The number of ether oxygens (including phenoxy) is 1. The lowest BCUT2D eigenvalue weighted by Crippen LogP contribution is -2.19. The van der Waals surface area contributed by atoms with Crippen molar-refractivity contribution in [3.63, 3.8) is 0 Å². The molecule has 0 amide bonds. The van der Waals surface area contributed by atoms with Gasteiger partial charge in [0.2, 0.25) is 5.95 Å². The van der Waals surface area contributed by atoms with Crippen LogP contribution in [0.3, 0.4) is 0 Å². The van der Waals surface area contributed by atoms with E-state index in [1.54, 1.807) is 30.5 Å². The van der Waals surface area contributed by atoms with Gasteiger partial charge < -0.3 is 25.2 Å². The maximum absolute atomic E-state index is 9.69. The lowest BCUT2D eigenvalue weighted by molar-refractivity contribution is 0.261. The zero-order valence-corrected chi connectivity index (χ0v) is 18.6. The number of likely N-dealkylation sites (N-methyl/N-ethyl adjacent to an activating group) is 1. The first kappa shape index (κ1) is 22.1. The Morgan fingerprint density at radius 3 is 2.03 bits per heavy atom. The van der Waals surface area contributed by atoms with Crippen molar-refractivity contribution in [1.82, 2.24) is 14.9 Å². The molecular formula is C26H26N4O3. The Labute approximate surface area is 193 Å². The summed E-state index contributed by atoms with van der Waals surface area (Å²) < 4.78 is 5.74. The van der Waals surface area contributed by atoms with Crippen LogP contribution in [0.25, 0.3) is 22.4 Å². The standard InChI is InChI=1S/C26H26N4O3/c1-30(2)15-16-33-23-13-7-20(8-14-23)28-26-27-17-24(18-3-9-21(31)10-4-18)25(29-26)19-5-11-22(32)12-6-19/h3-14,17,31-32H,15-16H2,1-2H3,(H,27,28,29). The van der Waals surface area contributed by atoms with Crippen LogP contribution in [-0.2, 0) is 0 Å². The van der Waals surface area contributed by atoms with Crippen LogP contribution in [0.1, 0.15) is 0 Å². The van der Waals surface area contributed by atoms with Gasteiger partial charge in [-0.15, -0.1) is 0 Å². The van der Waals surface area contributed by atoms with Crippen molar-refractivity contribution < 1.29 is 14.9 Å². The Balaban J connectivity index is 1.60. The third-order valence-corrected chi connectivity index (χ3v) is 5.03. The topological polar surface area (TPSA) is 90.7 Å². The average Bonchev–Trinajstić information content (AvgIpc) is 2.81. The van der Waals surface area contributed by atoms with Gasteiger partial charge >= 0.3 is 0 Å². The van der Waals surface area contributed by atoms with E-state index in [2.05, 4.69) is 15.2 Å². The van der Waals surface area contributed by atoms with Crippen LogP contribution in [0.2, 0.25) is 0 Å². The smallest absolute Gasteiger partial charge is 0.227 e. The number of aromatic nitrogens is 2. The maximum atomic E-state index is 9.69. The molecule has 4 rings (SSSR count). The minimum absolute atomic E-state index is 0.185. The van der Waals surface area contributed by atoms with E-state index in [0.717, 1.165) is 34.7 Å². The second kappa shape index (κ2) is 10.0. The van der Waals surface area contributed by atoms with Gasteiger partial charge in [0.25, 0.3) is 0 Å². The van der Waals surface area contributed by atoms with Crippen molar-refractivity contribution in [3.8, 4) is 39.6 Å². The molecule has 0 atom stereocenters. The molecule has 0 aliphatic heterocycles. The molecule has 0 radical (unpaired) electrons. The fraction of sp³-hybridized carbons (Fsp3) is 0.154. The Morgan fingerprint density at radius 2 is 1.42 bits per heavy atom. The zero-order valence-electron chi connectivity index (χ0n) is 18.6. The molecule has 0 spiro atoms. The Bertz CT molecular complexity index is 1190. The molecule has 0 saturated carbocycles. The first-order valence-corrected chi connectivity index (χ1v) is 10.6. The predicted molar refractivity (Wildman–Crippen MR) is 130 cm³/mol. The monoisotopic (exact) mass is 442 g/mol. The molecule has 3 N–H and O–H groups in total. The van der Waals surface area contributed by atoms with Crippen LogP contribution < -0.4 is 10.1 Å². The van der Waals surface area contributed by atoms with Crippen molar-refractivity contribution in [2.45, 2.75) is 0 Å². The molecule has 33 heavy (non-hydrogen) atoms. The maximum Gasteiger partial charge on any atom is 0.227 e. The molecule has 3 aromatic carbocycles. The second-order valence-corrected chi connectivity index (χ2v) is 7.85. The Hall–Kier alpha value is -4.10. The Morgan fingerprint density at radius 1 is 0.818 bits per heavy atom. The second-order valence-electron chi connectivity index (χ2n) is 7.85. The molecule has 0 bridgehead atoms. The molecule has 0 fully saturated rings. The number of rotatable bonds is 8. The Kier molecular flexibility index (Phi) is 6.71. The van der Waals surface area contributed by atoms with Crippen LogP contribution in [0.5, 0.6) is 17.2 Å². The molecule has 168 valence electrons. The van der Waals surface area contributed by atoms with Crippen molar-refractivity contribution in [1.29, 1.82) is 0 Å². The van der Waals surface area contributed by atoms with Gasteiger partial charge in [-0.1, -0.05) is 12.1 Å². The summed E-state index contributed by atoms with van der Waals surface area (Å²) in [7, 11) is 4.02. The van der Waals surface area contributed by atoms with Crippen molar-refractivity contribution in [2.24, 2.45) is 0 Å². The van der Waals surface area contributed by atoms with E-state index in [1.165, 1.54) is 0 Å². The summed E-state index contributed by atoms with van der Waals surface area (Å²) in [5.41, 5.74) is 4.08. The third-order valence-electron chi connectivity index (χ3n) is 5.03.